The van der Waals surface area contributed by atoms with Crippen LogP contribution in [-0.2, 0) is 20.9 Å². The molecule has 1 unspecified atom stereocenters. The highest BCUT2D eigenvalue weighted by atomic mass is 16.5. The van der Waals surface area contributed by atoms with Crippen LogP contribution in [0.5, 0.6) is 5.75 Å². The smallest absolute Gasteiger partial charge is 0.336 e. The molecular weight excluding hydrogens is 402 g/mol. The van der Waals surface area contributed by atoms with Crippen molar-refractivity contribution >= 4 is 17.6 Å². The zero-order valence-electron chi connectivity index (χ0n) is 17.8. The van der Waals surface area contributed by atoms with Gasteiger partial charge in [-0.2, -0.15) is 0 Å². The number of benzene rings is 3. The third-order valence-electron chi connectivity index (χ3n) is 5.90. The number of nitrogens with zero attached hydrogens (tertiary/aromatic N) is 1. The summed E-state index contributed by atoms with van der Waals surface area (Å²) in [5, 5.41) is 0. The number of hydrogen-bond acceptors (Lipinski definition) is 4. The van der Waals surface area contributed by atoms with Gasteiger partial charge in [0.2, 0.25) is 5.91 Å². The molecule has 2 heterocycles. The van der Waals surface area contributed by atoms with Crippen molar-refractivity contribution in [1.29, 1.82) is 0 Å². The van der Waals surface area contributed by atoms with Crippen LogP contribution in [0.4, 0.5) is 5.69 Å². The summed E-state index contributed by atoms with van der Waals surface area (Å²) >= 11 is 0. The lowest BCUT2D eigenvalue weighted by Crippen LogP contribution is -2.37. The zero-order valence-corrected chi connectivity index (χ0v) is 17.8. The molecule has 0 bridgehead atoms. The Labute approximate surface area is 186 Å². The molecule has 5 heteroatoms. The number of anilines is 1. The summed E-state index contributed by atoms with van der Waals surface area (Å²) in [6, 6.07) is 25.2. The topological polar surface area (TPSA) is 55.8 Å². The lowest BCUT2D eigenvalue weighted by Gasteiger charge is -2.31. The second-order valence-electron chi connectivity index (χ2n) is 8.10. The lowest BCUT2D eigenvalue weighted by molar-refractivity contribution is -0.136. The van der Waals surface area contributed by atoms with Crippen molar-refractivity contribution in [3.05, 3.63) is 107 Å². The van der Waals surface area contributed by atoms with Crippen molar-refractivity contribution < 1.29 is 19.1 Å². The molecule has 1 amide bonds. The van der Waals surface area contributed by atoms with Crippen LogP contribution >= 0.6 is 0 Å². The number of carbonyl (C=O) groups excluding carboxylic acids is 2. The quantitative estimate of drug-likeness (QED) is 0.546. The first-order valence-corrected chi connectivity index (χ1v) is 10.7. The van der Waals surface area contributed by atoms with Gasteiger partial charge in [-0.3, -0.25) is 9.69 Å². The molecule has 0 saturated carbocycles. The molecule has 160 valence electrons. The van der Waals surface area contributed by atoms with Crippen LogP contribution in [0.25, 0.3) is 0 Å². The maximum atomic E-state index is 13.1. The molecule has 2 aliphatic heterocycles. The molecule has 0 radical (unpaired) electrons. The monoisotopic (exact) mass is 425 g/mol. The number of cyclic esters (lactones) is 1. The van der Waals surface area contributed by atoms with Crippen LogP contribution in [0.2, 0.25) is 0 Å². The van der Waals surface area contributed by atoms with Crippen molar-refractivity contribution in [1.82, 2.24) is 0 Å². The highest BCUT2D eigenvalue weighted by Gasteiger charge is 2.42. The van der Waals surface area contributed by atoms with E-state index in [0.29, 0.717) is 17.9 Å². The van der Waals surface area contributed by atoms with Crippen molar-refractivity contribution in [2.75, 3.05) is 11.5 Å². The van der Waals surface area contributed by atoms with Gasteiger partial charge >= 0.3 is 5.97 Å². The van der Waals surface area contributed by atoms with Crippen LogP contribution in [0, 0.1) is 6.92 Å². The third-order valence-corrected chi connectivity index (χ3v) is 5.90. The molecule has 0 aliphatic carbocycles. The summed E-state index contributed by atoms with van der Waals surface area (Å²) < 4.78 is 11.3. The SMILES string of the molecule is Cc1cccc(COc2ccc(C3CC(=O)N(c4ccccc4)C4=C3C(=O)OC4)cc2)c1. The molecule has 0 N–H and O–H groups in total. The van der Waals surface area contributed by atoms with Crippen LogP contribution in [0.1, 0.15) is 29.0 Å². The maximum absolute atomic E-state index is 13.1. The predicted molar refractivity (Wildman–Crippen MR) is 121 cm³/mol. The number of hydrogen-bond donors (Lipinski definition) is 0. The number of esters is 1. The van der Waals surface area contributed by atoms with E-state index in [1.807, 2.05) is 66.7 Å². The molecule has 2 aliphatic rings. The molecule has 0 spiro atoms. The van der Waals surface area contributed by atoms with Gasteiger partial charge in [-0.1, -0.05) is 60.2 Å². The summed E-state index contributed by atoms with van der Waals surface area (Å²) in [6.07, 6.45) is 0.215. The van der Waals surface area contributed by atoms with Gasteiger partial charge in [-0.05, 0) is 42.3 Å². The molecule has 0 saturated heterocycles. The van der Waals surface area contributed by atoms with Gasteiger partial charge in [-0.25, -0.2) is 4.79 Å². The largest absolute Gasteiger partial charge is 0.489 e. The van der Waals surface area contributed by atoms with E-state index in [0.717, 1.165) is 22.6 Å². The van der Waals surface area contributed by atoms with Gasteiger partial charge < -0.3 is 9.47 Å². The number of carbonyl (C=O) groups is 2. The minimum absolute atomic E-state index is 0.0435. The van der Waals surface area contributed by atoms with Gasteiger partial charge in [0.05, 0.1) is 11.3 Å². The Hall–Kier alpha value is -3.86. The van der Waals surface area contributed by atoms with E-state index < -0.39 is 0 Å². The number of aryl methyl sites for hydroxylation is 1. The second-order valence-corrected chi connectivity index (χ2v) is 8.10. The van der Waals surface area contributed by atoms with E-state index in [-0.39, 0.29) is 30.8 Å². The predicted octanol–water partition coefficient (Wildman–Crippen LogP) is 4.91. The lowest BCUT2D eigenvalue weighted by atomic mass is 9.84. The molecular formula is C27H23NO4. The van der Waals surface area contributed by atoms with Gasteiger partial charge in [0.25, 0.3) is 0 Å². The molecule has 3 aromatic carbocycles. The summed E-state index contributed by atoms with van der Waals surface area (Å²) in [5.74, 6) is 0.0287. The Balaban J connectivity index is 1.39. The van der Waals surface area contributed by atoms with E-state index in [4.69, 9.17) is 9.47 Å². The Morgan fingerprint density at radius 3 is 2.50 bits per heavy atom. The van der Waals surface area contributed by atoms with E-state index in [1.165, 1.54) is 5.56 Å². The average molecular weight is 425 g/mol. The van der Waals surface area contributed by atoms with E-state index >= 15 is 0 Å². The van der Waals surface area contributed by atoms with E-state index in [9.17, 15) is 9.59 Å². The van der Waals surface area contributed by atoms with Crippen molar-refractivity contribution in [3.8, 4) is 5.75 Å². The first-order chi connectivity index (χ1) is 15.6. The fourth-order valence-electron chi connectivity index (χ4n) is 4.38. The van der Waals surface area contributed by atoms with Gasteiger partial charge in [0.15, 0.2) is 0 Å². The highest BCUT2D eigenvalue weighted by Crippen LogP contribution is 2.42. The zero-order chi connectivity index (χ0) is 22.1. The Kier molecular flexibility index (Phi) is 5.23. The van der Waals surface area contributed by atoms with Gasteiger partial charge in [0.1, 0.15) is 19.0 Å². The maximum Gasteiger partial charge on any atom is 0.336 e. The molecule has 3 aromatic rings. The number of para-hydroxylation sites is 1. The summed E-state index contributed by atoms with van der Waals surface area (Å²) in [5.41, 5.74) is 5.17. The first-order valence-electron chi connectivity index (χ1n) is 10.7. The minimum atomic E-state index is -0.349. The van der Waals surface area contributed by atoms with Crippen LogP contribution in [0.3, 0.4) is 0 Å². The number of ether oxygens (including phenoxy) is 2. The molecule has 0 aromatic heterocycles. The van der Waals surface area contributed by atoms with Gasteiger partial charge in [-0.15, -0.1) is 0 Å². The van der Waals surface area contributed by atoms with Crippen molar-refractivity contribution in [3.63, 3.8) is 0 Å². The van der Waals surface area contributed by atoms with Crippen LogP contribution in [0.15, 0.2) is 90.1 Å². The summed E-state index contributed by atoms with van der Waals surface area (Å²) in [7, 11) is 0. The highest BCUT2D eigenvalue weighted by molar-refractivity contribution is 6.06. The Morgan fingerprint density at radius 2 is 1.75 bits per heavy atom. The summed E-state index contributed by atoms with van der Waals surface area (Å²) in [4.78, 5) is 27.3. The van der Waals surface area contributed by atoms with E-state index in [1.54, 1.807) is 4.90 Å². The van der Waals surface area contributed by atoms with Crippen molar-refractivity contribution in [2.24, 2.45) is 0 Å². The average Bonchev–Trinajstić information content (AvgIpc) is 3.19. The summed E-state index contributed by atoms with van der Waals surface area (Å²) in [6.45, 7) is 2.65. The molecule has 0 fully saturated rings. The Bertz CT molecular complexity index is 1200. The van der Waals surface area contributed by atoms with Gasteiger partial charge in [0, 0.05) is 18.0 Å². The third kappa shape index (κ3) is 3.78. The van der Waals surface area contributed by atoms with E-state index in [2.05, 4.69) is 19.1 Å². The molecule has 1 atom stereocenters. The van der Waals surface area contributed by atoms with Crippen LogP contribution in [-0.4, -0.2) is 18.5 Å². The fourth-order valence-corrected chi connectivity index (χ4v) is 4.38. The second kappa shape index (κ2) is 8.35. The molecule has 32 heavy (non-hydrogen) atoms. The molecule has 5 rings (SSSR count). The fraction of sp³-hybridized carbons (Fsp3) is 0.185. The standard InChI is InChI=1S/C27H23NO4/c1-18-6-5-7-19(14-18)16-31-22-12-10-20(11-13-22)23-15-25(29)28(21-8-3-2-4-9-21)24-17-32-27(30)26(23)24/h2-14,23H,15-17H2,1H3. The molecule has 5 nitrogen and oxygen atoms in total. The van der Waals surface area contributed by atoms with Crippen molar-refractivity contribution in [2.45, 2.75) is 25.9 Å². The Morgan fingerprint density at radius 1 is 0.969 bits per heavy atom. The van der Waals surface area contributed by atoms with Crippen LogP contribution < -0.4 is 9.64 Å². The minimum Gasteiger partial charge on any atom is -0.489 e. The number of rotatable bonds is 5. The number of amides is 1. The normalized spacial score (nSPS) is 17.9. The first kappa shape index (κ1) is 20.1.